The monoisotopic (exact) mass is 386 g/mol. The third-order valence-corrected chi connectivity index (χ3v) is 4.16. The van der Waals surface area contributed by atoms with Gasteiger partial charge in [0.25, 0.3) is 0 Å². The van der Waals surface area contributed by atoms with E-state index in [1.807, 2.05) is 6.07 Å². The number of methoxy groups -OCH3 is 1. The molecule has 0 amide bonds. The molecule has 0 spiro atoms. The zero-order valence-electron chi connectivity index (χ0n) is 11.6. The summed E-state index contributed by atoms with van der Waals surface area (Å²) in [5.74, 6) is 0.757. The highest BCUT2D eigenvalue weighted by atomic mass is 79.9. The first-order chi connectivity index (χ1) is 8.65. The van der Waals surface area contributed by atoms with E-state index in [4.69, 9.17) is 4.74 Å². The molecule has 1 heterocycles. The number of halogens is 3. The molecule has 0 saturated carbocycles. The Morgan fingerprint density at radius 3 is 2.45 bits per heavy atom. The van der Waals surface area contributed by atoms with E-state index in [9.17, 15) is 5.11 Å². The minimum Gasteiger partial charge on any atom is -0.504 e. The quantitative estimate of drug-likeness (QED) is 0.836. The van der Waals surface area contributed by atoms with Crippen LogP contribution in [0.1, 0.15) is 18.5 Å². The van der Waals surface area contributed by atoms with Gasteiger partial charge in [-0.2, -0.15) is 0 Å². The molecule has 0 radical (unpaired) electrons. The van der Waals surface area contributed by atoms with Gasteiger partial charge in [0.1, 0.15) is 0 Å². The van der Waals surface area contributed by atoms with Crippen LogP contribution < -0.4 is 10.1 Å². The number of phenolic OH excluding ortho intramolecular Hbond substituents is 1. The molecule has 1 fully saturated rings. The number of hydrogen-bond acceptors (Lipinski definition) is 4. The van der Waals surface area contributed by atoms with E-state index in [0.717, 1.165) is 36.2 Å². The Labute approximate surface area is 140 Å². The predicted molar refractivity (Wildman–Crippen MR) is 89.7 cm³/mol. The van der Waals surface area contributed by atoms with Gasteiger partial charge in [-0.25, -0.2) is 0 Å². The van der Waals surface area contributed by atoms with E-state index in [-0.39, 0.29) is 36.6 Å². The molecule has 1 aromatic carbocycles. The first kappa shape index (κ1) is 19.8. The van der Waals surface area contributed by atoms with Crippen LogP contribution in [0.2, 0.25) is 0 Å². The molecule has 4 nitrogen and oxygen atoms in total. The summed E-state index contributed by atoms with van der Waals surface area (Å²) in [7, 11) is 1.57. The van der Waals surface area contributed by atoms with Gasteiger partial charge in [-0.15, -0.1) is 24.8 Å². The van der Waals surface area contributed by atoms with Gasteiger partial charge in [0.05, 0.1) is 7.11 Å². The summed E-state index contributed by atoms with van der Waals surface area (Å²) in [6.45, 7) is 6.08. The van der Waals surface area contributed by atoms with Crippen LogP contribution in [0.25, 0.3) is 0 Å². The highest BCUT2D eigenvalue weighted by Crippen LogP contribution is 2.40. The summed E-state index contributed by atoms with van der Waals surface area (Å²) in [6.07, 6.45) is 0. The summed E-state index contributed by atoms with van der Waals surface area (Å²) in [6, 6.07) is 3.86. The minimum atomic E-state index is 0. The molecule has 116 valence electrons. The Morgan fingerprint density at radius 1 is 1.30 bits per heavy atom. The van der Waals surface area contributed by atoms with Crippen molar-refractivity contribution in [1.82, 2.24) is 10.2 Å². The number of piperazine rings is 1. The van der Waals surface area contributed by atoms with Gasteiger partial charge in [-0.3, -0.25) is 4.90 Å². The summed E-state index contributed by atoms with van der Waals surface area (Å²) < 4.78 is 6.10. The molecule has 0 aliphatic carbocycles. The SMILES string of the molecule is COc1ccc(Br)c([C@@H](C)N2CCNCC2)c1O.Cl.Cl. The lowest BCUT2D eigenvalue weighted by molar-refractivity contribution is 0.181. The fourth-order valence-electron chi connectivity index (χ4n) is 2.38. The topological polar surface area (TPSA) is 44.7 Å². The van der Waals surface area contributed by atoms with Gasteiger partial charge < -0.3 is 15.2 Å². The van der Waals surface area contributed by atoms with Crippen LogP contribution in [0.3, 0.4) is 0 Å². The second-order valence-corrected chi connectivity index (χ2v) is 5.33. The zero-order valence-corrected chi connectivity index (χ0v) is 14.8. The lowest BCUT2D eigenvalue weighted by Crippen LogP contribution is -2.44. The number of aromatic hydroxyl groups is 1. The van der Waals surface area contributed by atoms with Crippen molar-refractivity contribution in [3.63, 3.8) is 0 Å². The van der Waals surface area contributed by atoms with Crippen molar-refractivity contribution in [1.29, 1.82) is 0 Å². The van der Waals surface area contributed by atoms with Gasteiger partial charge in [-0.1, -0.05) is 15.9 Å². The number of ether oxygens (including phenoxy) is 1. The van der Waals surface area contributed by atoms with E-state index in [2.05, 4.69) is 33.1 Å². The van der Waals surface area contributed by atoms with Crippen molar-refractivity contribution >= 4 is 40.7 Å². The highest BCUT2D eigenvalue weighted by molar-refractivity contribution is 9.10. The number of benzene rings is 1. The van der Waals surface area contributed by atoms with Crippen molar-refractivity contribution in [2.75, 3.05) is 33.3 Å². The van der Waals surface area contributed by atoms with Gasteiger partial charge in [0.15, 0.2) is 11.5 Å². The van der Waals surface area contributed by atoms with Crippen LogP contribution in [0.15, 0.2) is 16.6 Å². The third-order valence-electron chi connectivity index (χ3n) is 3.46. The van der Waals surface area contributed by atoms with Crippen LogP contribution in [0, 0.1) is 0 Å². The first-order valence-corrected chi connectivity index (χ1v) is 6.94. The second kappa shape index (κ2) is 8.95. The van der Waals surface area contributed by atoms with Crippen molar-refractivity contribution in [2.24, 2.45) is 0 Å². The van der Waals surface area contributed by atoms with E-state index >= 15 is 0 Å². The fraction of sp³-hybridized carbons (Fsp3) is 0.538. The normalized spacial score (nSPS) is 16.8. The molecule has 7 heteroatoms. The Morgan fingerprint density at radius 2 is 1.90 bits per heavy atom. The van der Waals surface area contributed by atoms with E-state index in [1.165, 1.54) is 0 Å². The van der Waals surface area contributed by atoms with Crippen LogP contribution in [-0.2, 0) is 0 Å². The van der Waals surface area contributed by atoms with E-state index in [1.54, 1.807) is 13.2 Å². The molecular weight excluding hydrogens is 367 g/mol. The molecule has 1 atom stereocenters. The maximum Gasteiger partial charge on any atom is 0.163 e. The molecule has 1 saturated heterocycles. The van der Waals surface area contributed by atoms with Crippen LogP contribution in [0.4, 0.5) is 0 Å². The standard InChI is InChI=1S/C13H19BrN2O2.2ClH/c1-9(16-7-5-15-6-8-16)12-10(14)3-4-11(18-2)13(12)17;;/h3-4,9,15,17H,5-8H2,1-2H3;2*1H/t9-;;/m1../s1. The Bertz CT molecular complexity index is 429. The predicted octanol–water partition coefficient (Wildman–Crippen LogP) is 2.97. The van der Waals surface area contributed by atoms with Crippen LogP contribution in [-0.4, -0.2) is 43.3 Å². The molecule has 0 aromatic heterocycles. The highest BCUT2D eigenvalue weighted by Gasteiger charge is 2.24. The van der Waals surface area contributed by atoms with Crippen molar-refractivity contribution in [3.05, 3.63) is 22.2 Å². The summed E-state index contributed by atoms with van der Waals surface area (Å²) in [5, 5.41) is 13.6. The van der Waals surface area contributed by atoms with Gasteiger partial charge in [0, 0.05) is 42.3 Å². The average molecular weight is 388 g/mol. The molecule has 20 heavy (non-hydrogen) atoms. The van der Waals surface area contributed by atoms with E-state index < -0.39 is 0 Å². The van der Waals surface area contributed by atoms with Crippen molar-refractivity contribution < 1.29 is 9.84 Å². The Kier molecular flexibility index (Phi) is 8.86. The molecule has 1 aliphatic rings. The van der Waals surface area contributed by atoms with Crippen molar-refractivity contribution in [2.45, 2.75) is 13.0 Å². The van der Waals surface area contributed by atoms with Crippen LogP contribution >= 0.6 is 40.7 Å². The maximum absolute atomic E-state index is 10.3. The second-order valence-electron chi connectivity index (χ2n) is 4.47. The summed E-state index contributed by atoms with van der Waals surface area (Å²) >= 11 is 3.52. The largest absolute Gasteiger partial charge is 0.504 e. The summed E-state index contributed by atoms with van der Waals surface area (Å²) in [5.41, 5.74) is 0.899. The molecule has 1 aliphatic heterocycles. The Hall–Kier alpha value is -0.200. The Balaban J connectivity index is 0.00000180. The van der Waals surface area contributed by atoms with E-state index in [0.29, 0.717) is 5.75 Å². The summed E-state index contributed by atoms with van der Waals surface area (Å²) in [4.78, 5) is 2.36. The minimum absolute atomic E-state index is 0. The van der Waals surface area contributed by atoms with Crippen molar-refractivity contribution in [3.8, 4) is 11.5 Å². The van der Waals surface area contributed by atoms with Gasteiger partial charge >= 0.3 is 0 Å². The molecule has 0 bridgehead atoms. The van der Waals surface area contributed by atoms with Gasteiger partial charge in [0.2, 0.25) is 0 Å². The first-order valence-electron chi connectivity index (χ1n) is 6.15. The van der Waals surface area contributed by atoms with Crippen LogP contribution in [0.5, 0.6) is 11.5 Å². The fourth-order valence-corrected chi connectivity index (χ4v) is 3.03. The van der Waals surface area contributed by atoms with Gasteiger partial charge in [-0.05, 0) is 19.1 Å². The lowest BCUT2D eigenvalue weighted by Gasteiger charge is -2.33. The number of phenols is 1. The number of nitrogens with zero attached hydrogens (tertiary/aromatic N) is 1. The number of nitrogens with one attached hydrogen (secondary N) is 1. The molecular formula is C13H21BrCl2N2O2. The number of hydrogen-bond donors (Lipinski definition) is 2. The smallest absolute Gasteiger partial charge is 0.163 e. The average Bonchev–Trinajstić information content (AvgIpc) is 2.40. The number of rotatable bonds is 3. The molecule has 2 rings (SSSR count). The zero-order chi connectivity index (χ0) is 13.1. The lowest BCUT2D eigenvalue weighted by atomic mass is 10.0. The third kappa shape index (κ3) is 4.15. The maximum atomic E-state index is 10.3. The molecule has 1 aromatic rings. The molecule has 0 unspecified atom stereocenters. The molecule has 2 N–H and O–H groups in total.